The molecule has 0 radical (unpaired) electrons. The molecule has 1 saturated carbocycles. The molecule has 158 valence electrons. The highest BCUT2D eigenvalue weighted by Crippen LogP contribution is 2.32. The fourth-order valence-electron chi connectivity index (χ4n) is 3.71. The fraction of sp³-hybridized carbons (Fsp3) is 0.650. The lowest BCUT2D eigenvalue weighted by Crippen LogP contribution is -2.42. The molecule has 1 aliphatic heterocycles. The Morgan fingerprint density at radius 1 is 1.21 bits per heavy atom. The standard InChI is InChI=1S/C20H31N3O3S.ClH/c1-13-6-8-23(9-7-13)27(25,26)19-11-17(10-14(2)15(19)3)20(24)22-18(12-21)16-4-5-16;/h10-11,13,16,18H,4-9,12,21H2,1-3H3,(H,22,24);1H. The highest BCUT2D eigenvalue weighted by atomic mass is 35.5. The third-order valence-corrected chi connectivity index (χ3v) is 8.03. The third-order valence-electron chi connectivity index (χ3n) is 6.00. The molecule has 1 unspecified atom stereocenters. The lowest BCUT2D eigenvalue weighted by molar-refractivity contribution is 0.0933. The first-order chi connectivity index (χ1) is 12.7. The van der Waals surface area contributed by atoms with Crippen LogP contribution in [0.25, 0.3) is 0 Å². The van der Waals surface area contributed by atoms with Crippen LogP contribution < -0.4 is 11.1 Å². The van der Waals surface area contributed by atoms with Crippen LogP contribution in [0.2, 0.25) is 0 Å². The highest BCUT2D eigenvalue weighted by molar-refractivity contribution is 7.89. The van der Waals surface area contributed by atoms with Gasteiger partial charge in [-0.3, -0.25) is 4.79 Å². The van der Waals surface area contributed by atoms with Crippen molar-refractivity contribution in [3.05, 3.63) is 28.8 Å². The van der Waals surface area contributed by atoms with Crippen molar-refractivity contribution < 1.29 is 13.2 Å². The molecule has 1 aliphatic carbocycles. The summed E-state index contributed by atoms with van der Waals surface area (Å²) in [7, 11) is -3.60. The van der Waals surface area contributed by atoms with Crippen LogP contribution in [0.4, 0.5) is 0 Å². The molecule has 1 atom stereocenters. The Labute approximate surface area is 174 Å². The molecule has 8 heteroatoms. The molecule has 3 N–H and O–H groups in total. The number of carbonyl (C=O) groups excluding carboxylic acids is 1. The quantitative estimate of drug-likeness (QED) is 0.726. The minimum absolute atomic E-state index is 0. The number of aryl methyl sites for hydroxylation is 1. The van der Waals surface area contributed by atoms with E-state index < -0.39 is 10.0 Å². The summed E-state index contributed by atoms with van der Waals surface area (Å²) in [6.07, 6.45) is 3.91. The molecule has 3 rings (SSSR count). The van der Waals surface area contributed by atoms with E-state index in [-0.39, 0.29) is 29.3 Å². The average molecular weight is 430 g/mol. The summed E-state index contributed by atoms with van der Waals surface area (Å²) in [5.41, 5.74) is 7.69. The minimum atomic E-state index is -3.60. The third kappa shape index (κ3) is 4.87. The van der Waals surface area contributed by atoms with Gasteiger partial charge in [0, 0.05) is 31.2 Å². The normalized spacial score (nSPS) is 19.7. The van der Waals surface area contributed by atoms with Crippen LogP contribution in [-0.4, -0.2) is 44.3 Å². The number of amides is 1. The Morgan fingerprint density at radius 2 is 1.82 bits per heavy atom. The van der Waals surface area contributed by atoms with Crippen molar-refractivity contribution in [2.24, 2.45) is 17.6 Å². The molecule has 2 fully saturated rings. The van der Waals surface area contributed by atoms with Crippen LogP contribution in [0, 0.1) is 25.7 Å². The molecular weight excluding hydrogens is 398 g/mol. The predicted molar refractivity (Wildman–Crippen MR) is 113 cm³/mol. The second-order valence-electron chi connectivity index (χ2n) is 8.16. The minimum Gasteiger partial charge on any atom is -0.348 e. The van der Waals surface area contributed by atoms with Gasteiger partial charge in [0.2, 0.25) is 10.0 Å². The van der Waals surface area contributed by atoms with E-state index in [0.717, 1.165) is 31.2 Å². The number of benzene rings is 1. The summed E-state index contributed by atoms with van der Waals surface area (Å²) >= 11 is 0. The smallest absolute Gasteiger partial charge is 0.251 e. The maximum Gasteiger partial charge on any atom is 0.251 e. The van der Waals surface area contributed by atoms with Gasteiger partial charge in [-0.1, -0.05) is 6.92 Å². The van der Waals surface area contributed by atoms with E-state index in [4.69, 9.17) is 5.73 Å². The predicted octanol–water partition coefficient (Wildman–Crippen LogP) is 2.61. The summed E-state index contributed by atoms with van der Waals surface area (Å²) in [5, 5.41) is 2.98. The van der Waals surface area contributed by atoms with Crippen molar-refractivity contribution in [1.29, 1.82) is 0 Å². The van der Waals surface area contributed by atoms with Gasteiger partial charge in [-0.05, 0) is 74.6 Å². The van der Waals surface area contributed by atoms with Gasteiger partial charge >= 0.3 is 0 Å². The number of rotatable bonds is 6. The lowest BCUT2D eigenvalue weighted by atomic mass is 10.0. The van der Waals surface area contributed by atoms with Crippen molar-refractivity contribution in [3.63, 3.8) is 0 Å². The number of hydrogen-bond donors (Lipinski definition) is 2. The SMILES string of the molecule is Cc1cc(C(=O)NC(CN)C2CC2)cc(S(=O)(=O)N2CCC(C)CC2)c1C.Cl. The molecule has 6 nitrogen and oxygen atoms in total. The Balaban J connectivity index is 0.00000280. The molecule has 0 bridgehead atoms. The zero-order valence-electron chi connectivity index (χ0n) is 16.9. The van der Waals surface area contributed by atoms with Gasteiger partial charge in [-0.2, -0.15) is 4.31 Å². The van der Waals surface area contributed by atoms with Crippen LogP contribution in [0.1, 0.15) is 54.1 Å². The second kappa shape index (κ2) is 9.11. The van der Waals surface area contributed by atoms with Crippen molar-refractivity contribution >= 4 is 28.3 Å². The average Bonchev–Trinajstić information content (AvgIpc) is 3.46. The number of carbonyl (C=O) groups is 1. The van der Waals surface area contributed by atoms with E-state index in [0.29, 0.717) is 42.6 Å². The first kappa shape index (κ1) is 23.1. The first-order valence-electron chi connectivity index (χ1n) is 9.86. The summed E-state index contributed by atoms with van der Waals surface area (Å²) in [6, 6.07) is 3.26. The van der Waals surface area contributed by atoms with Crippen molar-refractivity contribution in [2.75, 3.05) is 19.6 Å². The maximum absolute atomic E-state index is 13.2. The van der Waals surface area contributed by atoms with Gasteiger partial charge in [-0.15, -0.1) is 12.4 Å². The summed E-state index contributed by atoms with van der Waals surface area (Å²) in [6.45, 7) is 7.29. The Kier molecular flexibility index (Phi) is 7.53. The summed E-state index contributed by atoms with van der Waals surface area (Å²) < 4.78 is 28.0. The van der Waals surface area contributed by atoms with Crippen LogP contribution >= 0.6 is 12.4 Å². The number of nitrogens with two attached hydrogens (primary N) is 1. The maximum atomic E-state index is 13.2. The van der Waals surface area contributed by atoms with E-state index in [2.05, 4.69) is 12.2 Å². The van der Waals surface area contributed by atoms with Crippen molar-refractivity contribution in [2.45, 2.75) is 57.4 Å². The van der Waals surface area contributed by atoms with E-state index in [1.807, 2.05) is 13.8 Å². The van der Waals surface area contributed by atoms with E-state index in [1.54, 1.807) is 10.4 Å². The number of sulfonamides is 1. The molecule has 28 heavy (non-hydrogen) atoms. The number of piperidine rings is 1. The monoisotopic (exact) mass is 429 g/mol. The molecular formula is C20H32ClN3O3S. The number of hydrogen-bond acceptors (Lipinski definition) is 4. The number of nitrogens with zero attached hydrogens (tertiary/aromatic N) is 1. The topological polar surface area (TPSA) is 92.5 Å². The van der Waals surface area contributed by atoms with Gasteiger partial charge in [0.05, 0.1) is 4.90 Å². The first-order valence-corrected chi connectivity index (χ1v) is 11.3. The van der Waals surface area contributed by atoms with Gasteiger partial charge < -0.3 is 11.1 Å². The van der Waals surface area contributed by atoms with Gasteiger partial charge in [0.15, 0.2) is 0 Å². The second-order valence-corrected chi connectivity index (χ2v) is 10.1. The summed E-state index contributed by atoms with van der Waals surface area (Å²) in [4.78, 5) is 13.0. The largest absolute Gasteiger partial charge is 0.348 e. The molecule has 1 aromatic rings. The highest BCUT2D eigenvalue weighted by Gasteiger charge is 2.33. The Bertz CT molecular complexity index is 816. The van der Waals surface area contributed by atoms with Gasteiger partial charge in [0.25, 0.3) is 5.91 Å². The van der Waals surface area contributed by atoms with Gasteiger partial charge in [0.1, 0.15) is 0 Å². The summed E-state index contributed by atoms with van der Waals surface area (Å²) in [5.74, 6) is 0.750. The number of halogens is 1. The zero-order chi connectivity index (χ0) is 19.8. The van der Waals surface area contributed by atoms with Gasteiger partial charge in [-0.25, -0.2) is 8.42 Å². The zero-order valence-corrected chi connectivity index (χ0v) is 18.5. The molecule has 2 aliphatic rings. The van der Waals surface area contributed by atoms with E-state index in [1.165, 1.54) is 6.07 Å². The fourth-order valence-corrected chi connectivity index (χ4v) is 5.50. The van der Waals surface area contributed by atoms with Crippen LogP contribution in [0.15, 0.2) is 17.0 Å². The van der Waals surface area contributed by atoms with Crippen LogP contribution in [0.3, 0.4) is 0 Å². The Hall–Kier alpha value is -1.15. The Morgan fingerprint density at radius 3 is 2.36 bits per heavy atom. The van der Waals surface area contributed by atoms with Crippen LogP contribution in [-0.2, 0) is 10.0 Å². The molecule has 1 saturated heterocycles. The lowest BCUT2D eigenvalue weighted by Gasteiger charge is -2.30. The van der Waals surface area contributed by atoms with Crippen molar-refractivity contribution in [1.82, 2.24) is 9.62 Å². The number of nitrogens with one attached hydrogen (secondary N) is 1. The van der Waals surface area contributed by atoms with E-state index in [9.17, 15) is 13.2 Å². The molecule has 0 spiro atoms. The van der Waals surface area contributed by atoms with Crippen LogP contribution in [0.5, 0.6) is 0 Å². The molecule has 0 aromatic heterocycles. The molecule has 1 aromatic carbocycles. The molecule has 1 amide bonds. The van der Waals surface area contributed by atoms with E-state index >= 15 is 0 Å². The van der Waals surface area contributed by atoms with Crippen molar-refractivity contribution in [3.8, 4) is 0 Å². The molecule has 1 heterocycles.